The van der Waals surface area contributed by atoms with E-state index in [9.17, 15) is 14.4 Å². The third-order valence-electron chi connectivity index (χ3n) is 3.37. The number of primary amides is 1. The van der Waals surface area contributed by atoms with E-state index in [4.69, 9.17) is 22.1 Å². The minimum atomic E-state index is -0.942. The minimum Gasteiger partial charge on any atom is -0.489 e. The molecule has 2 rings (SSSR count). The number of hydrogen-bond acceptors (Lipinski definition) is 3. The van der Waals surface area contributed by atoms with Crippen molar-refractivity contribution in [3.05, 3.63) is 29.0 Å². The molecule has 3 N–H and O–H groups in total. The van der Waals surface area contributed by atoms with Gasteiger partial charge >= 0.3 is 6.03 Å². The molecule has 0 spiro atoms. The molecule has 0 heterocycles. The van der Waals surface area contributed by atoms with E-state index in [1.807, 2.05) is 0 Å². The Morgan fingerprint density at radius 2 is 2.27 bits per heavy atom. The van der Waals surface area contributed by atoms with Crippen molar-refractivity contribution in [2.45, 2.75) is 31.9 Å². The molecule has 0 bridgehead atoms. The largest absolute Gasteiger partial charge is 0.489 e. The molecule has 0 radical (unpaired) electrons. The number of hydrogen-bond donors (Lipinski definition) is 2. The molecule has 1 atom stereocenters. The van der Waals surface area contributed by atoms with E-state index in [-0.39, 0.29) is 17.0 Å². The van der Waals surface area contributed by atoms with Crippen molar-refractivity contribution in [3.8, 4) is 17.6 Å². The molecule has 118 valence electrons. The molecule has 1 aliphatic rings. The predicted molar refractivity (Wildman–Crippen MR) is 79.0 cm³/mol. The molecule has 0 saturated heterocycles. The van der Waals surface area contributed by atoms with Crippen molar-refractivity contribution in [3.63, 3.8) is 0 Å². The average molecular weight is 327 g/mol. The van der Waals surface area contributed by atoms with Crippen LogP contribution >= 0.6 is 11.6 Å². The Morgan fingerprint density at radius 1 is 1.59 bits per heavy atom. The zero-order chi connectivity index (χ0) is 16.3. The first kappa shape index (κ1) is 16.4. The number of halogens is 2. The number of benzene rings is 1. The second-order valence-electron chi connectivity index (χ2n) is 5.13. The summed E-state index contributed by atoms with van der Waals surface area (Å²) in [6.45, 7) is 1.57. The molecule has 1 aromatic carbocycles. The molecule has 1 aliphatic carbocycles. The normalized spacial score (nSPS) is 21.1. The number of hydroxylamine groups is 2. The minimum absolute atomic E-state index is 0.0288. The van der Waals surface area contributed by atoms with Gasteiger partial charge in [0, 0.05) is 5.92 Å². The lowest BCUT2D eigenvalue weighted by Gasteiger charge is -2.32. The summed E-state index contributed by atoms with van der Waals surface area (Å²) in [5, 5.41) is 9.91. The predicted octanol–water partition coefficient (Wildman–Crippen LogP) is 2.80. The van der Waals surface area contributed by atoms with Gasteiger partial charge in [0.1, 0.15) is 23.7 Å². The van der Waals surface area contributed by atoms with Crippen LogP contribution < -0.4 is 10.5 Å². The molecule has 22 heavy (non-hydrogen) atoms. The first-order chi connectivity index (χ1) is 10.4. The summed E-state index contributed by atoms with van der Waals surface area (Å²) in [7, 11) is 0. The molecule has 1 aromatic rings. The SMILES string of the molecule is CC(C#CC1CC(Oc2ccc(F)cc2Cl)C1)N(O)C(N)=O. The molecular weight excluding hydrogens is 311 g/mol. The van der Waals surface area contributed by atoms with Crippen LogP contribution in [-0.4, -0.2) is 28.4 Å². The average Bonchev–Trinajstić information content (AvgIpc) is 2.41. The van der Waals surface area contributed by atoms with Crippen LogP contribution in [0.25, 0.3) is 0 Å². The highest BCUT2D eigenvalue weighted by molar-refractivity contribution is 6.32. The fraction of sp³-hybridized carbons (Fsp3) is 0.400. The molecule has 2 amide bonds. The number of carbonyl (C=O) groups is 1. The smallest absolute Gasteiger partial charge is 0.339 e. The number of nitrogens with zero attached hydrogens (tertiary/aromatic N) is 1. The summed E-state index contributed by atoms with van der Waals surface area (Å²) >= 11 is 5.89. The van der Waals surface area contributed by atoms with Crippen LogP contribution in [0.15, 0.2) is 18.2 Å². The molecular formula is C15H16ClFN2O3. The van der Waals surface area contributed by atoms with Crippen molar-refractivity contribution >= 4 is 17.6 Å². The van der Waals surface area contributed by atoms with Gasteiger partial charge in [-0.25, -0.2) is 9.18 Å². The van der Waals surface area contributed by atoms with E-state index in [0.717, 1.165) is 0 Å². The first-order valence-corrected chi connectivity index (χ1v) is 7.15. The Labute approximate surface area is 132 Å². The fourth-order valence-corrected chi connectivity index (χ4v) is 2.23. The number of amides is 2. The summed E-state index contributed by atoms with van der Waals surface area (Å²) < 4.78 is 18.6. The Balaban J connectivity index is 1.82. The van der Waals surface area contributed by atoms with Gasteiger partial charge in [-0.3, -0.25) is 5.21 Å². The summed E-state index contributed by atoms with van der Waals surface area (Å²) in [4.78, 5) is 10.8. The third kappa shape index (κ3) is 4.03. The summed E-state index contributed by atoms with van der Waals surface area (Å²) in [5.41, 5.74) is 4.93. The van der Waals surface area contributed by atoms with Crippen molar-refractivity contribution in [2.24, 2.45) is 11.7 Å². The van der Waals surface area contributed by atoms with Crippen LogP contribution in [0.4, 0.5) is 9.18 Å². The number of nitrogens with two attached hydrogens (primary N) is 1. The van der Waals surface area contributed by atoms with Gasteiger partial charge in [-0.2, -0.15) is 5.06 Å². The maximum atomic E-state index is 12.9. The van der Waals surface area contributed by atoms with Gasteiger partial charge in [0.25, 0.3) is 0 Å². The number of ether oxygens (including phenoxy) is 1. The van der Waals surface area contributed by atoms with Gasteiger partial charge in [0.15, 0.2) is 0 Å². The summed E-state index contributed by atoms with van der Waals surface area (Å²) in [6, 6.07) is 2.38. The highest BCUT2D eigenvalue weighted by Gasteiger charge is 2.30. The number of urea groups is 1. The van der Waals surface area contributed by atoms with Crippen molar-refractivity contribution in [2.75, 3.05) is 0 Å². The first-order valence-electron chi connectivity index (χ1n) is 6.77. The highest BCUT2D eigenvalue weighted by atomic mass is 35.5. The monoisotopic (exact) mass is 326 g/mol. The Bertz CT molecular complexity index is 623. The Morgan fingerprint density at radius 3 is 2.86 bits per heavy atom. The van der Waals surface area contributed by atoms with Crippen LogP contribution in [0.2, 0.25) is 5.02 Å². The lowest BCUT2D eigenvalue weighted by molar-refractivity contribution is -0.0537. The van der Waals surface area contributed by atoms with Crippen LogP contribution in [-0.2, 0) is 0 Å². The van der Waals surface area contributed by atoms with Crippen molar-refractivity contribution in [1.82, 2.24) is 5.06 Å². The standard InChI is InChI=1S/C15H16ClFN2O3/c1-9(19(21)15(18)20)2-3-10-6-12(7-10)22-14-5-4-11(17)8-13(14)16/h4-5,8-10,12,21H,6-7H2,1H3,(H2,18,20). The number of rotatable bonds is 3. The topological polar surface area (TPSA) is 75.8 Å². The molecule has 0 aromatic heterocycles. The van der Waals surface area contributed by atoms with E-state index in [1.54, 1.807) is 6.92 Å². The van der Waals surface area contributed by atoms with Crippen LogP contribution in [0, 0.1) is 23.6 Å². The van der Waals surface area contributed by atoms with E-state index in [1.165, 1.54) is 18.2 Å². The number of carbonyl (C=O) groups excluding carboxylic acids is 1. The van der Waals surface area contributed by atoms with Gasteiger partial charge in [-0.15, -0.1) is 0 Å². The van der Waals surface area contributed by atoms with E-state index >= 15 is 0 Å². The van der Waals surface area contributed by atoms with Crippen molar-refractivity contribution in [1.29, 1.82) is 0 Å². The Hall–Kier alpha value is -1.97. The third-order valence-corrected chi connectivity index (χ3v) is 3.67. The van der Waals surface area contributed by atoms with Crippen LogP contribution in [0.1, 0.15) is 19.8 Å². The zero-order valence-electron chi connectivity index (χ0n) is 11.9. The summed E-state index contributed by atoms with van der Waals surface area (Å²) in [6.07, 6.45) is 1.38. The molecule has 1 saturated carbocycles. The highest BCUT2D eigenvalue weighted by Crippen LogP contribution is 2.34. The second-order valence-corrected chi connectivity index (χ2v) is 5.54. The van der Waals surface area contributed by atoms with Gasteiger partial charge in [0.2, 0.25) is 0 Å². The van der Waals surface area contributed by atoms with Gasteiger partial charge < -0.3 is 10.5 Å². The Kier molecular flexibility index (Phi) is 5.11. The lowest BCUT2D eigenvalue weighted by atomic mass is 9.82. The van der Waals surface area contributed by atoms with Gasteiger partial charge in [-0.1, -0.05) is 23.4 Å². The molecule has 7 heteroatoms. The fourth-order valence-electron chi connectivity index (χ4n) is 2.02. The maximum absolute atomic E-state index is 12.9. The molecule has 0 aliphatic heterocycles. The molecule has 1 unspecified atom stereocenters. The van der Waals surface area contributed by atoms with Crippen molar-refractivity contribution < 1.29 is 19.1 Å². The van der Waals surface area contributed by atoms with E-state index < -0.39 is 17.9 Å². The van der Waals surface area contributed by atoms with Gasteiger partial charge in [-0.05, 0) is 38.0 Å². The lowest BCUT2D eigenvalue weighted by Crippen LogP contribution is -2.39. The van der Waals surface area contributed by atoms with Gasteiger partial charge in [0.05, 0.1) is 5.02 Å². The van der Waals surface area contributed by atoms with E-state index in [2.05, 4.69) is 11.8 Å². The van der Waals surface area contributed by atoms with E-state index in [0.29, 0.717) is 23.7 Å². The quantitative estimate of drug-likeness (QED) is 0.509. The summed E-state index contributed by atoms with van der Waals surface area (Å²) in [5.74, 6) is 5.88. The molecule has 5 nitrogen and oxygen atoms in total. The maximum Gasteiger partial charge on any atom is 0.339 e. The van der Waals surface area contributed by atoms with Crippen LogP contribution in [0.3, 0.4) is 0 Å². The van der Waals surface area contributed by atoms with Crippen LogP contribution in [0.5, 0.6) is 5.75 Å². The molecule has 1 fully saturated rings. The zero-order valence-corrected chi connectivity index (χ0v) is 12.7. The second kappa shape index (κ2) is 6.86.